The molecular weight excluding hydrogens is 294 g/mol. The third-order valence-corrected chi connectivity index (χ3v) is 2.79. The Morgan fingerprint density at radius 1 is 1.36 bits per heavy atom. The van der Waals surface area contributed by atoms with E-state index in [1.807, 2.05) is 0 Å². The van der Waals surface area contributed by atoms with Crippen LogP contribution in [-0.2, 0) is 11.3 Å². The lowest BCUT2D eigenvalue weighted by Crippen LogP contribution is -2.32. The normalized spacial score (nSPS) is 11.8. The summed E-state index contributed by atoms with van der Waals surface area (Å²) in [5.41, 5.74) is 0.529. The van der Waals surface area contributed by atoms with Crippen LogP contribution in [0.15, 0.2) is 36.5 Å². The summed E-state index contributed by atoms with van der Waals surface area (Å²) in [5, 5.41) is 11.6. The summed E-state index contributed by atoms with van der Waals surface area (Å²) in [6, 6.07) is 6.42. The molecule has 7 heteroatoms. The molecule has 116 valence electrons. The molecule has 0 saturated carbocycles. The number of pyridine rings is 1. The molecule has 1 aromatic heterocycles. The molecular formula is C15H14F2N2O3. The van der Waals surface area contributed by atoms with Gasteiger partial charge in [-0.3, -0.25) is 4.79 Å². The highest BCUT2D eigenvalue weighted by molar-refractivity contribution is 5.79. The highest BCUT2D eigenvalue weighted by Gasteiger charge is 2.12. The number of carbonyl (C=O) groups is 1. The van der Waals surface area contributed by atoms with Gasteiger partial charge in [-0.1, -0.05) is 6.07 Å². The smallest absolute Gasteiger partial charge is 0.248 e. The molecule has 0 saturated heterocycles. The Labute approximate surface area is 125 Å². The summed E-state index contributed by atoms with van der Waals surface area (Å²) in [7, 11) is 0. The first kappa shape index (κ1) is 15.8. The van der Waals surface area contributed by atoms with Gasteiger partial charge in [-0.2, -0.15) is 0 Å². The average Bonchev–Trinajstić information content (AvgIpc) is 2.49. The molecule has 0 aliphatic carbocycles. The Hall–Kier alpha value is -2.54. The minimum atomic E-state index is -1.13. The fraction of sp³-hybridized carbons (Fsp3) is 0.200. The van der Waals surface area contributed by atoms with Gasteiger partial charge in [-0.25, -0.2) is 13.8 Å². The fourth-order valence-electron chi connectivity index (χ4n) is 1.63. The average molecular weight is 308 g/mol. The highest BCUT2D eigenvalue weighted by Crippen LogP contribution is 2.24. The van der Waals surface area contributed by atoms with Crippen molar-refractivity contribution in [3.8, 4) is 11.6 Å². The number of aliphatic hydroxyl groups excluding tert-OH is 1. The molecule has 1 amide bonds. The molecule has 0 spiro atoms. The van der Waals surface area contributed by atoms with Crippen molar-refractivity contribution in [1.29, 1.82) is 0 Å². The van der Waals surface area contributed by atoms with Crippen LogP contribution in [0.4, 0.5) is 8.78 Å². The number of aliphatic hydroxyl groups is 1. The zero-order valence-electron chi connectivity index (χ0n) is 11.7. The van der Waals surface area contributed by atoms with E-state index in [1.54, 1.807) is 12.1 Å². The monoisotopic (exact) mass is 308 g/mol. The number of rotatable bonds is 5. The van der Waals surface area contributed by atoms with Crippen LogP contribution in [-0.4, -0.2) is 22.1 Å². The number of carbonyl (C=O) groups excluding carboxylic acids is 1. The SMILES string of the molecule is C[C@H](O)C(=O)NCc1cccnc1Oc1ccc(F)c(F)c1. The maximum atomic E-state index is 13.2. The summed E-state index contributed by atoms with van der Waals surface area (Å²) in [6.45, 7) is 1.42. The van der Waals surface area contributed by atoms with Crippen LogP contribution in [0.2, 0.25) is 0 Å². The molecule has 1 atom stereocenters. The first-order valence-corrected chi connectivity index (χ1v) is 6.50. The quantitative estimate of drug-likeness (QED) is 0.888. The summed E-state index contributed by atoms with van der Waals surface area (Å²) in [5.74, 6) is -2.31. The standard InChI is InChI=1S/C15H14F2N2O3/c1-9(20)14(21)19-8-10-3-2-6-18-15(10)22-11-4-5-12(16)13(17)7-11/h2-7,9,20H,8H2,1H3,(H,19,21)/t9-/m0/s1. The number of nitrogens with one attached hydrogen (secondary N) is 1. The van der Waals surface area contributed by atoms with E-state index >= 15 is 0 Å². The lowest BCUT2D eigenvalue weighted by atomic mass is 10.2. The molecule has 1 heterocycles. The van der Waals surface area contributed by atoms with Crippen LogP contribution in [0.3, 0.4) is 0 Å². The van der Waals surface area contributed by atoms with Gasteiger partial charge in [0.2, 0.25) is 11.8 Å². The van der Waals surface area contributed by atoms with Crippen LogP contribution in [0, 0.1) is 11.6 Å². The van der Waals surface area contributed by atoms with Gasteiger partial charge in [0.25, 0.3) is 0 Å². The van der Waals surface area contributed by atoms with E-state index in [-0.39, 0.29) is 18.2 Å². The van der Waals surface area contributed by atoms with Crippen LogP contribution >= 0.6 is 0 Å². The topological polar surface area (TPSA) is 71.5 Å². The third kappa shape index (κ3) is 3.98. The highest BCUT2D eigenvalue weighted by atomic mass is 19.2. The van der Waals surface area contributed by atoms with Crippen molar-refractivity contribution >= 4 is 5.91 Å². The van der Waals surface area contributed by atoms with Crippen LogP contribution in [0.5, 0.6) is 11.6 Å². The fourth-order valence-corrected chi connectivity index (χ4v) is 1.63. The van der Waals surface area contributed by atoms with Gasteiger partial charge in [0, 0.05) is 24.4 Å². The Morgan fingerprint density at radius 3 is 2.82 bits per heavy atom. The van der Waals surface area contributed by atoms with E-state index in [1.165, 1.54) is 19.2 Å². The van der Waals surface area contributed by atoms with Crippen molar-refractivity contribution in [2.24, 2.45) is 0 Å². The van der Waals surface area contributed by atoms with Gasteiger partial charge >= 0.3 is 0 Å². The van der Waals surface area contributed by atoms with Gasteiger partial charge in [-0.15, -0.1) is 0 Å². The Kier molecular flexibility index (Phi) is 5.00. The zero-order valence-corrected chi connectivity index (χ0v) is 11.7. The molecule has 2 N–H and O–H groups in total. The van der Waals surface area contributed by atoms with Crippen molar-refractivity contribution in [3.63, 3.8) is 0 Å². The minimum Gasteiger partial charge on any atom is -0.439 e. The number of benzene rings is 1. The minimum absolute atomic E-state index is 0.0799. The molecule has 22 heavy (non-hydrogen) atoms. The molecule has 0 unspecified atom stereocenters. The summed E-state index contributed by atoms with van der Waals surface area (Å²) in [6.07, 6.45) is 0.335. The van der Waals surface area contributed by atoms with Gasteiger partial charge in [-0.05, 0) is 25.1 Å². The first-order valence-electron chi connectivity index (χ1n) is 6.50. The maximum Gasteiger partial charge on any atom is 0.248 e. The van der Waals surface area contributed by atoms with Crippen molar-refractivity contribution in [2.45, 2.75) is 19.6 Å². The van der Waals surface area contributed by atoms with E-state index in [9.17, 15) is 13.6 Å². The van der Waals surface area contributed by atoms with E-state index < -0.39 is 23.6 Å². The Bertz CT molecular complexity index is 678. The molecule has 0 fully saturated rings. The molecule has 1 aromatic carbocycles. The Morgan fingerprint density at radius 2 is 2.14 bits per heavy atom. The van der Waals surface area contributed by atoms with Crippen molar-refractivity contribution in [3.05, 3.63) is 53.7 Å². The number of ether oxygens (including phenoxy) is 1. The second kappa shape index (κ2) is 6.95. The summed E-state index contributed by atoms with van der Waals surface area (Å²) < 4.78 is 31.5. The predicted octanol–water partition coefficient (Wildman–Crippen LogP) is 2.15. The number of nitrogens with zero attached hydrogens (tertiary/aromatic N) is 1. The molecule has 2 rings (SSSR count). The van der Waals surface area contributed by atoms with Crippen LogP contribution < -0.4 is 10.1 Å². The lowest BCUT2D eigenvalue weighted by molar-refractivity contribution is -0.128. The lowest BCUT2D eigenvalue weighted by Gasteiger charge is -2.11. The number of amides is 1. The number of hydrogen-bond acceptors (Lipinski definition) is 4. The Balaban J connectivity index is 2.14. The maximum absolute atomic E-state index is 13.2. The molecule has 5 nitrogen and oxygen atoms in total. The van der Waals surface area contributed by atoms with E-state index in [0.717, 1.165) is 12.1 Å². The summed E-state index contributed by atoms with van der Waals surface area (Å²) in [4.78, 5) is 15.4. The van der Waals surface area contributed by atoms with Crippen molar-refractivity contribution in [2.75, 3.05) is 0 Å². The first-order chi connectivity index (χ1) is 10.5. The van der Waals surface area contributed by atoms with Gasteiger partial charge in [0.05, 0.1) is 0 Å². The largest absolute Gasteiger partial charge is 0.439 e. The number of hydrogen-bond donors (Lipinski definition) is 2. The molecule has 0 aliphatic heterocycles. The van der Waals surface area contributed by atoms with Crippen molar-refractivity contribution in [1.82, 2.24) is 10.3 Å². The second-order valence-electron chi connectivity index (χ2n) is 4.54. The van der Waals surface area contributed by atoms with E-state index in [4.69, 9.17) is 9.84 Å². The number of aromatic nitrogens is 1. The molecule has 0 bridgehead atoms. The van der Waals surface area contributed by atoms with Gasteiger partial charge in [0.15, 0.2) is 11.6 Å². The van der Waals surface area contributed by atoms with Gasteiger partial charge in [0.1, 0.15) is 11.9 Å². The summed E-state index contributed by atoms with van der Waals surface area (Å²) >= 11 is 0. The molecule has 0 radical (unpaired) electrons. The third-order valence-electron chi connectivity index (χ3n) is 2.79. The van der Waals surface area contributed by atoms with Gasteiger partial charge < -0.3 is 15.2 Å². The second-order valence-corrected chi connectivity index (χ2v) is 4.54. The predicted molar refractivity (Wildman–Crippen MR) is 74.2 cm³/mol. The van der Waals surface area contributed by atoms with Crippen molar-refractivity contribution < 1.29 is 23.4 Å². The molecule has 0 aliphatic rings. The number of halogens is 2. The zero-order chi connectivity index (χ0) is 16.1. The molecule has 2 aromatic rings. The van der Waals surface area contributed by atoms with Crippen LogP contribution in [0.25, 0.3) is 0 Å². The van der Waals surface area contributed by atoms with Crippen LogP contribution in [0.1, 0.15) is 12.5 Å². The van der Waals surface area contributed by atoms with E-state index in [0.29, 0.717) is 5.56 Å². The van der Waals surface area contributed by atoms with E-state index in [2.05, 4.69) is 10.3 Å².